The van der Waals surface area contributed by atoms with Gasteiger partial charge in [0.15, 0.2) is 0 Å². The Morgan fingerprint density at radius 2 is 2.38 bits per heavy atom. The lowest BCUT2D eigenvalue weighted by Gasteiger charge is -2.21. The van der Waals surface area contributed by atoms with Crippen LogP contribution in [0.3, 0.4) is 0 Å². The molecule has 0 saturated carbocycles. The molecule has 2 heterocycles. The second-order valence-corrected chi connectivity index (χ2v) is 5.87. The molecular weight excluding hydrogens is 268 g/mol. The van der Waals surface area contributed by atoms with E-state index in [0.29, 0.717) is 6.10 Å². The molecule has 2 aliphatic rings. The zero-order valence-corrected chi connectivity index (χ0v) is 12.3. The molecule has 21 heavy (non-hydrogen) atoms. The maximum Gasteiger partial charge on any atom is 0.404 e. The maximum atomic E-state index is 10.8. The number of fused-ring (bicyclic) bond motifs is 1. The molecule has 1 saturated heterocycles. The van der Waals surface area contributed by atoms with E-state index in [2.05, 4.69) is 23.2 Å². The van der Waals surface area contributed by atoms with Crippen molar-refractivity contribution >= 4 is 11.8 Å². The van der Waals surface area contributed by atoms with E-state index in [4.69, 9.17) is 9.84 Å². The van der Waals surface area contributed by atoms with Gasteiger partial charge in [-0.05, 0) is 25.0 Å². The van der Waals surface area contributed by atoms with Crippen LogP contribution >= 0.6 is 0 Å². The highest BCUT2D eigenvalue weighted by atomic mass is 16.5. The third kappa shape index (κ3) is 2.91. The monoisotopic (exact) mass is 290 g/mol. The fourth-order valence-corrected chi connectivity index (χ4v) is 3.37. The standard InChI is InChI=1S/C16H22N2O3/c1-2-4-12-9-13-14(5-3-6-15(13)21-12)18-8-7-11(10-18)17-16(19)20/h3,5-6,11-12,17H,2,4,7-10H2,1H3,(H,19,20)/t11-,12?/m0/s1. The van der Waals surface area contributed by atoms with Gasteiger partial charge in [-0.1, -0.05) is 19.4 Å². The smallest absolute Gasteiger partial charge is 0.404 e. The van der Waals surface area contributed by atoms with Crippen molar-refractivity contribution in [3.63, 3.8) is 0 Å². The molecule has 2 atom stereocenters. The van der Waals surface area contributed by atoms with Gasteiger partial charge in [0.25, 0.3) is 0 Å². The number of benzene rings is 1. The van der Waals surface area contributed by atoms with E-state index >= 15 is 0 Å². The second kappa shape index (κ2) is 5.84. The van der Waals surface area contributed by atoms with Crippen molar-refractivity contribution in [2.75, 3.05) is 18.0 Å². The van der Waals surface area contributed by atoms with Gasteiger partial charge in [0.05, 0.1) is 6.04 Å². The van der Waals surface area contributed by atoms with E-state index in [9.17, 15) is 4.79 Å². The lowest BCUT2D eigenvalue weighted by molar-refractivity contribution is 0.191. The number of anilines is 1. The fourth-order valence-electron chi connectivity index (χ4n) is 3.37. The molecular formula is C16H22N2O3. The quantitative estimate of drug-likeness (QED) is 0.895. The normalized spacial score (nSPS) is 23.8. The molecule has 1 fully saturated rings. The molecule has 0 aromatic heterocycles. The van der Waals surface area contributed by atoms with Crippen LogP contribution in [0, 0.1) is 0 Å². The molecule has 2 N–H and O–H groups in total. The van der Waals surface area contributed by atoms with E-state index in [1.165, 1.54) is 11.3 Å². The molecule has 1 aromatic rings. The second-order valence-electron chi connectivity index (χ2n) is 5.87. The number of carbonyl (C=O) groups is 1. The SMILES string of the molecule is CCCC1Cc2c(cccc2N2CC[C@H](NC(=O)O)C2)O1. The third-order valence-electron chi connectivity index (χ3n) is 4.30. The molecule has 5 nitrogen and oxygen atoms in total. The number of ether oxygens (including phenoxy) is 1. The maximum absolute atomic E-state index is 10.8. The summed E-state index contributed by atoms with van der Waals surface area (Å²) in [5.74, 6) is 1.00. The molecule has 0 aliphatic carbocycles. The zero-order valence-electron chi connectivity index (χ0n) is 12.3. The first kappa shape index (κ1) is 14.0. The predicted octanol–water partition coefficient (Wildman–Crippen LogP) is 2.64. The van der Waals surface area contributed by atoms with E-state index in [1.54, 1.807) is 0 Å². The average Bonchev–Trinajstić information content (AvgIpc) is 3.04. The Kier molecular flexibility index (Phi) is 3.90. The largest absolute Gasteiger partial charge is 0.490 e. The molecule has 114 valence electrons. The molecule has 1 aromatic carbocycles. The molecule has 1 amide bonds. The molecule has 0 bridgehead atoms. The van der Waals surface area contributed by atoms with Gasteiger partial charge in [0, 0.05) is 30.8 Å². The Balaban J connectivity index is 1.74. The molecule has 0 radical (unpaired) electrons. The minimum absolute atomic E-state index is 0.0205. The Morgan fingerprint density at radius 3 is 3.14 bits per heavy atom. The highest BCUT2D eigenvalue weighted by Gasteiger charge is 2.30. The van der Waals surface area contributed by atoms with Crippen LogP contribution in [-0.4, -0.2) is 36.4 Å². The van der Waals surface area contributed by atoms with Crippen LogP contribution in [0.4, 0.5) is 10.5 Å². The fraction of sp³-hybridized carbons (Fsp3) is 0.562. The Hall–Kier alpha value is -1.91. The third-order valence-corrected chi connectivity index (χ3v) is 4.30. The van der Waals surface area contributed by atoms with Crippen LogP contribution in [0.15, 0.2) is 18.2 Å². The summed E-state index contributed by atoms with van der Waals surface area (Å²) in [4.78, 5) is 13.0. The lowest BCUT2D eigenvalue weighted by atomic mass is 10.0. The minimum Gasteiger partial charge on any atom is -0.490 e. The predicted molar refractivity (Wildman–Crippen MR) is 81.2 cm³/mol. The van der Waals surface area contributed by atoms with Crippen molar-refractivity contribution in [1.29, 1.82) is 0 Å². The summed E-state index contributed by atoms with van der Waals surface area (Å²) in [5, 5.41) is 11.4. The van der Waals surface area contributed by atoms with Crippen molar-refractivity contribution in [3.8, 4) is 5.75 Å². The van der Waals surface area contributed by atoms with Crippen molar-refractivity contribution in [3.05, 3.63) is 23.8 Å². The van der Waals surface area contributed by atoms with Crippen molar-refractivity contribution in [1.82, 2.24) is 5.32 Å². The molecule has 0 spiro atoms. The number of hydrogen-bond donors (Lipinski definition) is 2. The van der Waals surface area contributed by atoms with Gasteiger partial charge in [0.1, 0.15) is 11.9 Å². The number of rotatable bonds is 4. The van der Waals surface area contributed by atoms with Gasteiger partial charge in [-0.15, -0.1) is 0 Å². The van der Waals surface area contributed by atoms with Crippen LogP contribution in [0.25, 0.3) is 0 Å². The van der Waals surface area contributed by atoms with E-state index in [-0.39, 0.29) is 6.04 Å². The average molecular weight is 290 g/mol. The van der Waals surface area contributed by atoms with Crippen molar-refractivity contribution in [2.45, 2.75) is 44.8 Å². The molecule has 3 rings (SSSR count). The number of hydrogen-bond acceptors (Lipinski definition) is 3. The zero-order chi connectivity index (χ0) is 14.8. The highest BCUT2D eigenvalue weighted by molar-refractivity contribution is 5.66. The van der Waals surface area contributed by atoms with Crippen LogP contribution < -0.4 is 15.0 Å². The summed E-state index contributed by atoms with van der Waals surface area (Å²) in [5.41, 5.74) is 2.49. The lowest BCUT2D eigenvalue weighted by Crippen LogP contribution is -2.36. The van der Waals surface area contributed by atoms with Gasteiger partial charge >= 0.3 is 6.09 Å². The Labute approximate surface area is 124 Å². The first-order valence-electron chi connectivity index (χ1n) is 7.70. The summed E-state index contributed by atoms with van der Waals surface area (Å²) >= 11 is 0. The first-order valence-corrected chi connectivity index (χ1v) is 7.70. The Morgan fingerprint density at radius 1 is 1.52 bits per heavy atom. The van der Waals surface area contributed by atoms with Gasteiger partial charge in [-0.25, -0.2) is 4.79 Å². The van der Waals surface area contributed by atoms with Crippen LogP contribution in [0.1, 0.15) is 31.7 Å². The summed E-state index contributed by atoms with van der Waals surface area (Å²) in [7, 11) is 0. The summed E-state index contributed by atoms with van der Waals surface area (Å²) < 4.78 is 6.00. The van der Waals surface area contributed by atoms with Gasteiger partial charge < -0.3 is 20.1 Å². The topological polar surface area (TPSA) is 61.8 Å². The summed E-state index contributed by atoms with van der Waals surface area (Å²) in [6, 6.07) is 6.21. The molecule has 5 heteroatoms. The molecule has 1 unspecified atom stereocenters. The van der Waals surface area contributed by atoms with E-state index < -0.39 is 6.09 Å². The summed E-state index contributed by atoms with van der Waals surface area (Å²) in [6.45, 7) is 3.80. The van der Waals surface area contributed by atoms with Gasteiger partial charge in [-0.2, -0.15) is 0 Å². The van der Waals surface area contributed by atoms with Crippen LogP contribution in [-0.2, 0) is 6.42 Å². The number of nitrogens with one attached hydrogen (secondary N) is 1. The van der Waals surface area contributed by atoms with E-state index in [0.717, 1.165) is 44.5 Å². The van der Waals surface area contributed by atoms with Gasteiger partial charge in [0.2, 0.25) is 0 Å². The van der Waals surface area contributed by atoms with Crippen molar-refractivity contribution in [2.24, 2.45) is 0 Å². The van der Waals surface area contributed by atoms with E-state index in [1.807, 2.05) is 12.1 Å². The van der Waals surface area contributed by atoms with Crippen molar-refractivity contribution < 1.29 is 14.6 Å². The number of carboxylic acid groups (broad SMARTS) is 1. The number of amides is 1. The Bertz CT molecular complexity index is 532. The van der Waals surface area contributed by atoms with Gasteiger partial charge in [-0.3, -0.25) is 0 Å². The highest BCUT2D eigenvalue weighted by Crippen LogP contribution is 2.38. The minimum atomic E-state index is -0.938. The van der Waals surface area contributed by atoms with Crippen LogP contribution in [0.2, 0.25) is 0 Å². The summed E-state index contributed by atoms with van der Waals surface area (Å²) in [6.07, 6.45) is 3.38. The van der Waals surface area contributed by atoms with Crippen LogP contribution in [0.5, 0.6) is 5.75 Å². The molecule has 2 aliphatic heterocycles. The first-order chi connectivity index (χ1) is 10.2. The number of nitrogens with zero attached hydrogens (tertiary/aromatic N) is 1.